The number of nitrogens with zero attached hydrogens (tertiary/aromatic N) is 3. The summed E-state index contributed by atoms with van der Waals surface area (Å²) in [5, 5.41) is -0.145. The maximum atomic E-state index is 6.28. The Bertz CT molecular complexity index is 753. The molecule has 0 amide bonds. The summed E-state index contributed by atoms with van der Waals surface area (Å²) in [6.07, 6.45) is 2.73. The molecule has 1 unspecified atom stereocenters. The lowest BCUT2D eigenvalue weighted by Gasteiger charge is -2.10. The third-order valence-corrected chi connectivity index (χ3v) is 4.03. The second-order valence-electron chi connectivity index (χ2n) is 4.97. The van der Waals surface area contributed by atoms with Crippen molar-refractivity contribution in [2.75, 3.05) is 0 Å². The number of alkyl halides is 1. The average Bonchev–Trinajstić information content (AvgIpc) is 2.84. The molecule has 5 heteroatoms. The van der Waals surface area contributed by atoms with Crippen molar-refractivity contribution >= 4 is 38.7 Å². The maximum absolute atomic E-state index is 6.28. The number of fused-ring (bicyclic) bond motifs is 1. The standard InChI is InChI=1S/C16H15BrClN3/c1-11(18)15-20-14-9-13(17)10-19-16(14)21(15)8-7-12-5-3-2-4-6-12/h2-6,9-11H,7-8H2,1H3. The monoisotopic (exact) mass is 363 g/mol. The van der Waals surface area contributed by atoms with E-state index >= 15 is 0 Å². The van der Waals surface area contributed by atoms with Gasteiger partial charge in [-0.15, -0.1) is 11.6 Å². The van der Waals surface area contributed by atoms with Crippen LogP contribution in [0.2, 0.25) is 0 Å². The first-order valence-electron chi connectivity index (χ1n) is 6.85. The van der Waals surface area contributed by atoms with Crippen LogP contribution in [0.5, 0.6) is 0 Å². The highest BCUT2D eigenvalue weighted by molar-refractivity contribution is 9.10. The Labute approximate surface area is 137 Å². The number of pyridine rings is 1. The zero-order chi connectivity index (χ0) is 14.8. The Kier molecular flexibility index (Phi) is 4.27. The van der Waals surface area contributed by atoms with Crippen LogP contribution in [0.25, 0.3) is 11.2 Å². The van der Waals surface area contributed by atoms with E-state index in [1.54, 1.807) is 6.20 Å². The number of hydrogen-bond acceptors (Lipinski definition) is 2. The van der Waals surface area contributed by atoms with Gasteiger partial charge in [-0.25, -0.2) is 9.97 Å². The van der Waals surface area contributed by atoms with E-state index in [-0.39, 0.29) is 5.38 Å². The van der Waals surface area contributed by atoms with Crippen LogP contribution in [0, 0.1) is 0 Å². The van der Waals surface area contributed by atoms with Gasteiger partial charge < -0.3 is 4.57 Å². The molecule has 3 aromatic rings. The number of rotatable bonds is 4. The van der Waals surface area contributed by atoms with E-state index in [1.807, 2.05) is 19.1 Å². The number of benzene rings is 1. The van der Waals surface area contributed by atoms with Gasteiger partial charge in [-0.3, -0.25) is 0 Å². The molecule has 108 valence electrons. The van der Waals surface area contributed by atoms with Crippen molar-refractivity contribution in [2.24, 2.45) is 0 Å². The van der Waals surface area contributed by atoms with Crippen LogP contribution in [0.15, 0.2) is 47.1 Å². The molecule has 21 heavy (non-hydrogen) atoms. The molecule has 0 N–H and O–H groups in total. The molecule has 0 spiro atoms. The summed E-state index contributed by atoms with van der Waals surface area (Å²) >= 11 is 9.71. The molecule has 0 bridgehead atoms. The van der Waals surface area contributed by atoms with Crippen LogP contribution in [0.3, 0.4) is 0 Å². The summed E-state index contributed by atoms with van der Waals surface area (Å²) in [6.45, 7) is 2.76. The van der Waals surface area contributed by atoms with Crippen molar-refractivity contribution in [3.8, 4) is 0 Å². The number of halogens is 2. The Hall–Kier alpha value is -1.39. The smallest absolute Gasteiger partial charge is 0.160 e. The lowest BCUT2D eigenvalue weighted by atomic mass is 10.1. The fraction of sp³-hybridized carbons (Fsp3) is 0.250. The molecular formula is C16H15BrClN3. The number of aromatic nitrogens is 3. The van der Waals surface area contributed by atoms with Crippen molar-refractivity contribution < 1.29 is 0 Å². The first-order valence-corrected chi connectivity index (χ1v) is 8.08. The zero-order valence-corrected chi connectivity index (χ0v) is 14.0. The third-order valence-electron chi connectivity index (χ3n) is 3.40. The predicted octanol–water partition coefficient (Wildman–Crippen LogP) is 4.74. The fourth-order valence-corrected chi connectivity index (χ4v) is 2.90. The maximum Gasteiger partial charge on any atom is 0.160 e. The minimum absolute atomic E-state index is 0.145. The summed E-state index contributed by atoms with van der Waals surface area (Å²) in [5.74, 6) is 0.869. The number of imidazole rings is 1. The Morgan fingerprint density at radius 3 is 2.76 bits per heavy atom. The molecule has 3 nitrogen and oxygen atoms in total. The lowest BCUT2D eigenvalue weighted by Crippen LogP contribution is -2.07. The van der Waals surface area contributed by atoms with E-state index in [4.69, 9.17) is 11.6 Å². The van der Waals surface area contributed by atoms with Crippen LogP contribution in [0.1, 0.15) is 23.7 Å². The first-order chi connectivity index (χ1) is 10.1. The summed E-state index contributed by atoms with van der Waals surface area (Å²) < 4.78 is 3.04. The summed E-state index contributed by atoms with van der Waals surface area (Å²) in [7, 11) is 0. The molecule has 0 saturated carbocycles. The van der Waals surface area contributed by atoms with Gasteiger partial charge in [0.2, 0.25) is 0 Å². The van der Waals surface area contributed by atoms with Gasteiger partial charge in [0, 0.05) is 17.2 Å². The van der Waals surface area contributed by atoms with E-state index < -0.39 is 0 Å². The van der Waals surface area contributed by atoms with Gasteiger partial charge in [-0.05, 0) is 40.9 Å². The minimum atomic E-state index is -0.145. The van der Waals surface area contributed by atoms with E-state index in [2.05, 4.69) is 54.7 Å². The number of aryl methyl sites for hydroxylation is 2. The van der Waals surface area contributed by atoms with Gasteiger partial charge in [0.25, 0.3) is 0 Å². The van der Waals surface area contributed by atoms with Gasteiger partial charge >= 0.3 is 0 Å². The summed E-state index contributed by atoms with van der Waals surface area (Å²) in [5.41, 5.74) is 3.06. The molecule has 0 saturated heterocycles. The van der Waals surface area contributed by atoms with Crippen molar-refractivity contribution in [2.45, 2.75) is 25.3 Å². The number of hydrogen-bond donors (Lipinski definition) is 0. The molecular weight excluding hydrogens is 350 g/mol. The molecule has 1 aromatic carbocycles. The van der Waals surface area contributed by atoms with Gasteiger partial charge in [-0.1, -0.05) is 30.3 Å². The van der Waals surface area contributed by atoms with Gasteiger partial charge in [0.15, 0.2) is 5.65 Å². The van der Waals surface area contributed by atoms with Crippen LogP contribution >= 0.6 is 27.5 Å². The van der Waals surface area contributed by atoms with Crippen LogP contribution in [-0.4, -0.2) is 14.5 Å². The predicted molar refractivity (Wildman–Crippen MR) is 89.6 cm³/mol. The van der Waals surface area contributed by atoms with Gasteiger partial charge in [0.05, 0.1) is 5.38 Å². The van der Waals surface area contributed by atoms with Gasteiger partial charge in [-0.2, -0.15) is 0 Å². The molecule has 0 fully saturated rings. The van der Waals surface area contributed by atoms with Crippen LogP contribution in [-0.2, 0) is 13.0 Å². The van der Waals surface area contributed by atoms with E-state index in [1.165, 1.54) is 5.56 Å². The minimum Gasteiger partial charge on any atom is -0.311 e. The highest BCUT2D eigenvalue weighted by Crippen LogP contribution is 2.25. The van der Waals surface area contributed by atoms with Crippen LogP contribution < -0.4 is 0 Å². The topological polar surface area (TPSA) is 30.7 Å². The highest BCUT2D eigenvalue weighted by Gasteiger charge is 2.16. The molecule has 0 radical (unpaired) electrons. The summed E-state index contributed by atoms with van der Waals surface area (Å²) in [6, 6.07) is 12.4. The Morgan fingerprint density at radius 1 is 1.29 bits per heavy atom. The second-order valence-corrected chi connectivity index (χ2v) is 6.54. The van der Waals surface area contributed by atoms with E-state index in [0.717, 1.165) is 34.4 Å². The SMILES string of the molecule is CC(Cl)c1nc2cc(Br)cnc2n1CCc1ccccc1. The van der Waals surface area contributed by atoms with E-state index in [0.29, 0.717) is 0 Å². The molecule has 0 aliphatic rings. The Morgan fingerprint density at radius 2 is 2.05 bits per heavy atom. The second kappa shape index (κ2) is 6.16. The molecule has 0 aliphatic carbocycles. The van der Waals surface area contributed by atoms with Gasteiger partial charge in [0.1, 0.15) is 11.3 Å². The normalized spacial score (nSPS) is 12.7. The third kappa shape index (κ3) is 3.11. The molecule has 2 heterocycles. The zero-order valence-electron chi connectivity index (χ0n) is 11.6. The molecule has 2 aromatic heterocycles. The lowest BCUT2D eigenvalue weighted by molar-refractivity contribution is 0.663. The van der Waals surface area contributed by atoms with Crippen molar-refractivity contribution in [1.29, 1.82) is 0 Å². The molecule has 0 aliphatic heterocycles. The fourth-order valence-electron chi connectivity index (χ4n) is 2.41. The average molecular weight is 365 g/mol. The largest absolute Gasteiger partial charge is 0.311 e. The highest BCUT2D eigenvalue weighted by atomic mass is 79.9. The molecule has 1 atom stereocenters. The summed E-state index contributed by atoms with van der Waals surface area (Å²) in [4.78, 5) is 9.11. The van der Waals surface area contributed by atoms with Crippen molar-refractivity contribution in [3.05, 3.63) is 58.5 Å². The molecule has 3 rings (SSSR count). The van der Waals surface area contributed by atoms with E-state index in [9.17, 15) is 0 Å². The first kappa shape index (κ1) is 14.5. The quantitative estimate of drug-likeness (QED) is 0.626. The van der Waals surface area contributed by atoms with Crippen molar-refractivity contribution in [1.82, 2.24) is 14.5 Å². The van der Waals surface area contributed by atoms with Crippen molar-refractivity contribution in [3.63, 3.8) is 0 Å². The Balaban J connectivity index is 1.97. The van der Waals surface area contributed by atoms with Crippen LogP contribution in [0.4, 0.5) is 0 Å².